The normalized spacial score (nSPS) is 11.9. The second-order valence-corrected chi connectivity index (χ2v) is 26.1. The van der Waals surface area contributed by atoms with Gasteiger partial charge in [0.15, 0.2) is 17.5 Å². The number of carboxylic acids is 1. The molecule has 3 aliphatic heterocycles. The van der Waals surface area contributed by atoms with Gasteiger partial charge in [0.1, 0.15) is 11.5 Å². The van der Waals surface area contributed by atoms with Crippen LogP contribution in [-0.2, 0) is 12.8 Å². The molecule has 0 saturated carbocycles. The minimum absolute atomic E-state index is 0. The molecule has 0 bridgehead atoms. The van der Waals surface area contributed by atoms with Crippen LogP contribution in [0.15, 0.2) is 324 Å². The molecular weight excluding hydrogens is 1420 g/mol. The third-order valence-electron chi connectivity index (χ3n) is 16.8. The molecule has 10 aromatic heterocycles. The number of aliphatic hydroxyl groups is 1. The zero-order valence-electron chi connectivity index (χ0n) is 65.2. The summed E-state index contributed by atoms with van der Waals surface area (Å²) in [7, 11) is 6.20. The zero-order chi connectivity index (χ0) is 79.8. The van der Waals surface area contributed by atoms with Gasteiger partial charge in [-0.05, 0) is 159 Å². The summed E-state index contributed by atoms with van der Waals surface area (Å²) in [6, 6.07) is 67.7. The van der Waals surface area contributed by atoms with E-state index in [1.54, 1.807) is 112 Å². The van der Waals surface area contributed by atoms with Gasteiger partial charge in [0.2, 0.25) is 0 Å². The van der Waals surface area contributed by atoms with E-state index in [1.807, 2.05) is 141 Å². The maximum absolute atomic E-state index is 10.2. The van der Waals surface area contributed by atoms with Gasteiger partial charge in [0.25, 0.3) is 0 Å². The number of hydrogen-bond acceptors (Lipinski definition) is 23. The topological polar surface area (TPSA) is 260 Å². The lowest BCUT2D eigenvalue weighted by Gasteiger charge is -2.17. The number of aliphatic hydroxyl groups excluding tert-OH is 1. The predicted octanol–water partition coefficient (Wildman–Crippen LogP) is 16.8. The summed E-state index contributed by atoms with van der Waals surface area (Å²) in [4.78, 5) is 80.9. The fourth-order valence-corrected chi connectivity index (χ4v) is 11.4. The Labute approximate surface area is 670 Å². The summed E-state index contributed by atoms with van der Waals surface area (Å²) in [5.41, 5.74) is 15.4. The smallest absolute Gasteiger partial charge is 0.178 e. The van der Waals surface area contributed by atoms with Crippen molar-refractivity contribution in [1.29, 1.82) is 0 Å². The first kappa shape index (κ1) is 85.7. The maximum atomic E-state index is 10.2. The highest BCUT2D eigenvalue weighted by Gasteiger charge is 2.26. The molecule has 0 fully saturated rings. The van der Waals surface area contributed by atoms with Crippen molar-refractivity contribution < 1.29 is 15.0 Å². The molecule has 0 radical (unpaired) electrons. The molecule has 0 amide bonds. The van der Waals surface area contributed by atoms with Gasteiger partial charge >= 0.3 is 0 Å². The van der Waals surface area contributed by atoms with Gasteiger partial charge in [-0.15, -0.1) is 0 Å². The molecule has 23 heteroatoms. The lowest BCUT2D eigenvalue weighted by Crippen LogP contribution is -2.24. The van der Waals surface area contributed by atoms with E-state index < -0.39 is 5.97 Å². The van der Waals surface area contributed by atoms with Crippen molar-refractivity contribution in [1.82, 2.24) is 74.7 Å². The highest BCUT2D eigenvalue weighted by atomic mass is 16.4. The van der Waals surface area contributed by atoms with Crippen LogP contribution < -0.4 is 29.6 Å². The van der Waals surface area contributed by atoms with Crippen molar-refractivity contribution in [3.8, 4) is 45.3 Å². The lowest BCUT2D eigenvalue weighted by molar-refractivity contribution is -0.255. The standard InChI is InChI=1S/C15H17N.C13H13N3.C12H12N4.C11H9N.2C9H7N3.C8H10N4.C7H7NO2.C6H14O.CH4/c1-3-12-6-5-7-14(10-12)15-11-13(4-2)8-9-16-15;1-15-10-16(13-8-4-5-9-14-13)12-7-3-2-6-11(12)15;1-15-9-16(12-8-13-6-7-14-12)11-5-3-2-4-10(11)15;1-2-6-10(7-3-1)11-8-4-5-9-12-11;1-2-5-10-8(4-1)9-11-6-3-7-12-9;1-2-8(6-10-3-1)9-7-11-4-5-12-9;1-11-4-5-12(7-11)8-6-9-2-3-10-8;1-5-3-2-4-6(8-5)7(9)10;1-5(2)4-6(3)7;/h5-11H,3-4H2,1-2H3;2-9H,10H2,1H3;2-8H,9H2,1H3;1-9H;2*1-7H;2-6H,7H2,1H3;2-4H,1H3,(H,9,10);5-7H,4H2,1-3H3;1H4/p-1. The van der Waals surface area contributed by atoms with E-state index in [9.17, 15) is 9.90 Å². The van der Waals surface area contributed by atoms with Crippen LogP contribution in [0.25, 0.3) is 45.3 Å². The molecule has 1 atom stereocenters. The number of aryl methyl sites for hydroxylation is 3. The maximum Gasteiger partial charge on any atom is 0.178 e. The monoisotopic (exact) mass is 1520 g/mol. The number of para-hydroxylation sites is 4. The van der Waals surface area contributed by atoms with Crippen molar-refractivity contribution >= 4 is 46.2 Å². The summed E-state index contributed by atoms with van der Waals surface area (Å²) < 4.78 is 0. The molecule has 0 spiro atoms. The molecule has 23 nitrogen and oxygen atoms in total. The molecule has 17 rings (SSSR count). The minimum atomic E-state index is -1.23. The van der Waals surface area contributed by atoms with Gasteiger partial charge in [-0.1, -0.05) is 132 Å². The van der Waals surface area contributed by atoms with Crippen LogP contribution in [0, 0.1) is 12.8 Å². The van der Waals surface area contributed by atoms with Crippen molar-refractivity contribution in [3.63, 3.8) is 0 Å². The number of carbonyl (C=O) groups is 1. The molecule has 0 aliphatic carbocycles. The predicted molar refractivity (Wildman–Crippen MR) is 456 cm³/mol. The average Bonchev–Trinajstić information content (AvgIpc) is 1.65. The van der Waals surface area contributed by atoms with Gasteiger partial charge in [0.05, 0.1) is 96.2 Å². The van der Waals surface area contributed by atoms with E-state index in [0.29, 0.717) is 17.4 Å². The van der Waals surface area contributed by atoms with E-state index in [1.165, 1.54) is 45.5 Å². The van der Waals surface area contributed by atoms with Crippen molar-refractivity contribution in [3.05, 3.63) is 347 Å². The number of aromatic carboxylic acids is 1. The van der Waals surface area contributed by atoms with Gasteiger partial charge in [0, 0.05) is 143 Å². The Morgan fingerprint density at radius 1 is 0.412 bits per heavy atom. The van der Waals surface area contributed by atoms with Gasteiger partial charge in [-0.25, -0.2) is 24.9 Å². The van der Waals surface area contributed by atoms with E-state index in [2.05, 4.69) is 227 Å². The summed E-state index contributed by atoms with van der Waals surface area (Å²) in [6.07, 6.45) is 36.5. The van der Waals surface area contributed by atoms with Crippen LogP contribution in [0.5, 0.6) is 0 Å². The van der Waals surface area contributed by atoms with E-state index in [0.717, 1.165) is 90.6 Å². The van der Waals surface area contributed by atoms with Gasteiger partial charge in [-0.2, -0.15) is 0 Å². The van der Waals surface area contributed by atoms with Crippen molar-refractivity contribution in [2.45, 2.75) is 74.3 Å². The van der Waals surface area contributed by atoms with Crippen LogP contribution in [-0.4, -0.2) is 133 Å². The van der Waals surface area contributed by atoms with E-state index in [4.69, 9.17) is 5.11 Å². The number of carboxylic acid groups (broad SMARTS) is 1. The zero-order valence-corrected chi connectivity index (χ0v) is 65.2. The Kier molecular flexibility index (Phi) is 35.0. The Morgan fingerprint density at radius 3 is 1.43 bits per heavy atom. The summed E-state index contributed by atoms with van der Waals surface area (Å²) in [5, 5.41) is 18.9. The fraction of sp³-hybridized carbons (Fsp3) is 0.198. The Hall–Kier alpha value is -13.9. The van der Waals surface area contributed by atoms with Gasteiger partial charge < -0.3 is 44.4 Å². The largest absolute Gasteiger partial charge is 0.543 e. The molecule has 582 valence electrons. The molecule has 114 heavy (non-hydrogen) atoms. The highest BCUT2D eigenvalue weighted by Crippen LogP contribution is 2.39. The van der Waals surface area contributed by atoms with Crippen molar-refractivity contribution in [2.75, 3.05) is 65.6 Å². The molecule has 13 heterocycles. The number of carbonyl (C=O) groups excluding carboxylic acids is 1. The highest BCUT2D eigenvalue weighted by molar-refractivity contribution is 5.83. The molecule has 1 N–H and O–H groups in total. The number of pyridine rings is 6. The third kappa shape index (κ3) is 27.6. The first-order chi connectivity index (χ1) is 55.1. The number of rotatable bonds is 12. The van der Waals surface area contributed by atoms with Crippen LogP contribution in [0.3, 0.4) is 0 Å². The Bertz CT molecular complexity index is 4600. The Morgan fingerprint density at radius 2 is 0.921 bits per heavy atom. The summed E-state index contributed by atoms with van der Waals surface area (Å²) in [5.74, 6) is 2.83. The first-order valence-corrected chi connectivity index (χ1v) is 37.1. The molecule has 14 aromatic rings. The average molecular weight is 1520 g/mol. The van der Waals surface area contributed by atoms with Gasteiger partial charge in [-0.3, -0.25) is 44.9 Å². The Balaban J connectivity index is 0.000000162. The van der Waals surface area contributed by atoms with Crippen LogP contribution in [0.1, 0.15) is 75.8 Å². The molecule has 0 saturated heterocycles. The second kappa shape index (κ2) is 46.5. The van der Waals surface area contributed by atoms with Crippen molar-refractivity contribution in [2.24, 2.45) is 5.92 Å². The van der Waals surface area contributed by atoms with Crippen LogP contribution >= 0.6 is 0 Å². The number of fused-ring (bicyclic) bond motifs is 2. The molecular formula is C91H99N20O3-. The van der Waals surface area contributed by atoms with E-state index >= 15 is 0 Å². The van der Waals surface area contributed by atoms with E-state index in [-0.39, 0.29) is 19.2 Å². The quantitative estimate of drug-likeness (QED) is 0.119. The number of benzene rings is 4. The third-order valence-corrected chi connectivity index (χ3v) is 16.8. The first-order valence-electron chi connectivity index (χ1n) is 37.1. The minimum Gasteiger partial charge on any atom is -0.543 e. The summed E-state index contributed by atoms with van der Waals surface area (Å²) >= 11 is 0. The number of nitrogens with zero attached hydrogens (tertiary/aromatic N) is 20. The number of anilines is 7. The number of hydrogen-bond donors (Lipinski definition) is 1. The number of aromatic nitrogens is 14. The second-order valence-electron chi connectivity index (χ2n) is 26.1. The molecule has 1 unspecified atom stereocenters. The summed E-state index contributed by atoms with van der Waals surface area (Å²) in [6.45, 7) is 14.6. The van der Waals surface area contributed by atoms with Crippen LogP contribution in [0.4, 0.5) is 40.2 Å². The lowest BCUT2D eigenvalue weighted by atomic mass is 10.0. The SMILES string of the molecule is C.CC(C)CC(C)O.CCc1cccc(-c2cc(CC)ccn2)c1.CN1C=CN(c2cnccn2)C1.CN1CN(c2ccccn2)c2ccccc21.CN1CN(c2cnccn2)c2ccccc21.Cc1cccc(C(=O)[O-])n1.c1ccc(-c2ccccn2)cc1.c1ccc(-c2ncccn2)nc1.c1cncc(-c2cnccn2)c1. The molecule has 4 aromatic carbocycles. The van der Waals surface area contributed by atoms with Crippen LogP contribution in [0.2, 0.25) is 0 Å². The fourth-order valence-electron chi connectivity index (χ4n) is 11.4. The molecule has 3 aliphatic rings.